The predicted molar refractivity (Wildman–Crippen MR) is 105 cm³/mol. The van der Waals surface area contributed by atoms with Crippen molar-refractivity contribution >= 4 is 18.7 Å². The Morgan fingerprint density at radius 3 is 1.84 bits per heavy atom. The SMILES string of the molecule is CC(C)(C)[Si](OCC1CC2(CC2)O1)(c1ccccc1)c1ccccc1. The average molecular weight is 353 g/mol. The largest absolute Gasteiger partial charge is 0.405 e. The maximum Gasteiger partial charge on any atom is 0.261 e. The highest BCUT2D eigenvalue weighted by molar-refractivity contribution is 6.99. The summed E-state index contributed by atoms with van der Waals surface area (Å²) in [6.07, 6.45) is 3.92. The van der Waals surface area contributed by atoms with Gasteiger partial charge in [0.25, 0.3) is 8.32 Å². The Morgan fingerprint density at radius 2 is 1.44 bits per heavy atom. The first-order chi connectivity index (χ1) is 12.0. The minimum absolute atomic E-state index is 0.0384. The molecule has 1 spiro atoms. The molecule has 25 heavy (non-hydrogen) atoms. The van der Waals surface area contributed by atoms with Crippen LogP contribution in [0.2, 0.25) is 5.04 Å². The lowest BCUT2D eigenvalue weighted by molar-refractivity contribution is -0.157. The van der Waals surface area contributed by atoms with E-state index in [4.69, 9.17) is 9.16 Å². The predicted octanol–water partition coefficient (Wildman–Crippen LogP) is 3.88. The molecule has 1 saturated carbocycles. The molecule has 1 unspecified atom stereocenters. The molecular weight excluding hydrogens is 324 g/mol. The van der Waals surface area contributed by atoms with E-state index >= 15 is 0 Å². The zero-order valence-electron chi connectivity index (χ0n) is 15.5. The summed E-state index contributed by atoms with van der Waals surface area (Å²) in [4.78, 5) is 0. The van der Waals surface area contributed by atoms with Crippen LogP contribution in [0, 0.1) is 0 Å². The van der Waals surface area contributed by atoms with Gasteiger partial charge in [-0.3, -0.25) is 0 Å². The van der Waals surface area contributed by atoms with Crippen molar-refractivity contribution in [1.82, 2.24) is 0 Å². The maximum atomic E-state index is 6.91. The lowest BCUT2D eigenvalue weighted by Gasteiger charge is -2.45. The Hall–Kier alpha value is -1.42. The van der Waals surface area contributed by atoms with Gasteiger partial charge in [0.1, 0.15) is 0 Å². The summed E-state index contributed by atoms with van der Waals surface area (Å²) in [5.41, 5.74) is 0.249. The van der Waals surface area contributed by atoms with Crippen molar-refractivity contribution in [3.05, 3.63) is 60.7 Å². The number of hydrogen-bond donors (Lipinski definition) is 0. The van der Waals surface area contributed by atoms with Crippen LogP contribution in [-0.4, -0.2) is 26.6 Å². The molecule has 2 aromatic carbocycles. The van der Waals surface area contributed by atoms with Gasteiger partial charge in [-0.1, -0.05) is 81.4 Å². The molecule has 0 bridgehead atoms. The minimum Gasteiger partial charge on any atom is -0.405 e. The molecular formula is C22H28O2Si. The van der Waals surface area contributed by atoms with Crippen LogP contribution in [0.25, 0.3) is 0 Å². The van der Waals surface area contributed by atoms with Crippen LogP contribution in [-0.2, 0) is 9.16 Å². The molecule has 4 rings (SSSR count). The second kappa shape index (κ2) is 6.08. The number of benzene rings is 2. The van der Waals surface area contributed by atoms with E-state index < -0.39 is 8.32 Å². The van der Waals surface area contributed by atoms with Crippen molar-refractivity contribution in [1.29, 1.82) is 0 Å². The lowest BCUT2D eigenvalue weighted by Crippen LogP contribution is -2.67. The van der Waals surface area contributed by atoms with Crippen molar-refractivity contribution in [3.63, 3.8) is 0 Å². The van der Waals surface area contributed by atoms with Gasteiger partial charge in [-0.05, 0) is 28.3 Å². The molecule has 2 nitrogen and oxygen atoms in total. The molecule has 1 aliphatic carbocycles. The average Bonchev–Trinajstić information content (AvgIpc) is 3.36. The fourth-order valence-corrected chi connectivity index (χ4v) is 8.88. The number of rotatable bonds is 5. The Labute approximate surface area is 152 Å². The van der Waals surface area contributed by atoms with Gasteiger partial charge >= 0.3 is 0 Å². The van der Waals surface area contributed by atoms with E-state index in [0.29, 0.717) is 6.61 Å². The van der Waals surface area contributed by atoms with E-state index in [-0.39, 0.29) is 16.7 Å². The lowest BCUT2D eigenvalue weighted by atomic mass is 10.0. The van der Waals surface area contributed by atoms with Gasteiger partial charge in [0.05, 0.1) is 18.3 Å². The minimum atomic E-state index is -2.40. The Bertz CT molecular complexity index is 669. The molecule has 1 saturated heterocycles. The maximum absolute atomic E-state index is 6.91. The second-order valence-corrected chi connectivity index (χ2v) is 12.9. The van der Waals surface area contributed by atoms with Gasteiger partial charge in [-0.2, -0.15) is 0 Å². The number of hydrogen-bond acceptors (Lipinski definition) is 2. The molecule has 132 valence electrons. The third kappa shape index (κ3) is 2.99. The normalized spacial score (nSPS) is 21.8. The van der Waals surface area contributed by atoms with Crippen LogP contribution in [0.3, 0.4) is 0 Å². The van der Waals surface area contributed by atoms with Crippen molar-refractivity contribution in [3.8, 4) is 0 Å². The summed E-state index contributed by atoms with van der Waals surface area (Å²) < 4.78 is 13.0. The molecule has 2 fully saturated rings. The van der Waals surface area contributed by atoms with E-state index in [0.717, 1.165) is 0 Å². The van der Waals surface area contributed by atoms with Gasteiger partial charge in [0.2, 0.25) is 0 Å². The zero-order chi connectivity index (χ0) is 17.5. The molecule has 3 heteroatoms. The first-order valence-corrected chi connectivity index (χ1v) is 11.3. The van der Waals surface area contributed by atoms with Crippen molar-refractivity contribution < 1.29 is 9.16 Å². The van der Waals surface area contributed by atoms with Crippen molar-refractivity contribution in [2.75, 3.05) is 6.61 Å². The molecule has 0 aromatic heterocycles. The molecule has 1 atom stereocenters. The molecule has 0 N–H and O–H groups in total. The van der Waals surface area contributed by atoms with E-state index in [1.165, 1.54) is 29.6 Å². The van der Waals surface area contributed by atoms with Gasteiger partial charge in [-0.25, -0.2) is 0 Å². The van der Waals surface area contributed by atoms with Crippen LogP contribution < -0.4 is 10.4 Å². The Kier molecular flexibility index (Phi) is 4.14. The highest BCUT2D eigenvalue weighted by atomic mass is 28.4. The highest BCUT2D eigenvalue weighted by Crippen LogP contribution is 2.52. The van der Waals surface area contributed by atoms with Gasteiger partial charge < -0.3 is 9.16 Å². The van der Waals surface area contributed by atoms with E-state index in [9.17, 15) is 0 Å². The smallest absolute Gasteiger partial charge is 0.261 e. The molecule has 0 radical (unpaired) electrons. The summed E-state index contributed by atoms with van der Waals surface area (Å²) in [5.74, 6) is 0. The first kappa shape index (κ1) is 17.0. The fraction of sp³-hybridized carbons (Fsp3) is 0.455. The van der Waals surface area contributed by atoms with Gasteiger partial charge in [0, 0.05) is 6.42 Å². The number of ether oxygens (including phenoxy) is 1. The molecule has 2 aliphatic rings. The monoisotopic (exact) mass is 352 g/mol. The summed E-state index contributed by atoms with van der Waals surface area (Å²) in [7, 11) is -2.40. The van der Waals surface area contributed by atoms with Crippen LogP contribution in [0.1, 0.15) is 40.0 Å². The molecule has 2 aromatic rings. The zero-order valence-corrected chi connectivity index (χ0v) is 16.5. The summed E-state index contributed by atoms with van der Waals surface area (Å²) in [5, 5.41) is 2.72. The van der Waals surface area contributed by atoms with Crippen LogP contribution in [0.4, 0.5) is 0 Å². The van der Waals surface area contributed by atoms with Crippen LogP contribution in [0.15, 0.2) is 60.7 Å². The van der Waals surface area contributed by atoms with Crippen LogP contribution >= 0.6 is 0 Å². The summed E-state index contributed by atoms with van der Waals surface area (Å²) >= 11 is 0. The standard InChI is InChI=1S/C22H28O2Si/c1-21(2,3)25(19-10-6-4-7-11-19,20-12-8-5-9-13-20)23-17-18-16-22(24-18)14-15-22/h4-13,18H,14-17H2,1-3H3. The quantitative estimate of drug-likeness (QED) is 0.760. The van der Waals surface area contributed by atoms with Crippen LogP contribution in [0.5, 0.6) is 0 Å². The van der Waals surface area contributed by atoms with Crippen molar-refractivity contribution in [2.24, 2.45) is 0 Å². The topological polar surface area (TPSA) is 18.5 Å². The summed E-state index contributed by atoms with van der Waals surface area (Å²) in [6, 6.07) is 21.7. The Morgan fingerprint density at radius 1 is 0.960 bits per heavy atom. The fourth-order valence-electron chi connectivity index (χ4n) is 4.29. The second-order valence-electron chi connectivity index (χ2n) is 8.60. The third-order valence-electron chi connectivity index (χ3n) is 5.73. The molecule has 1 heterocycles. The van der Waals surface area contributed by atoms with Gasteiger partial charge in [-0.15, -0.1) is 0 Å². The molecule has 0 amide bonds. The highest BCUT2D eigenvalue weighted by Gasteiger charge is 2.56. The van der Waals surface area contributed by atoms with Gasteiger partial charge in [0.15, 0.2) is 0 Å². The third-order valence-corrected chi connectivity index (χ3v) is 10.7. The van der Waals surface area contributed by atoms with E-state index in [1.54, 1.807) is 0 Å². The van der Waals surface area contributed by atoms with Crippen molar-refractivity contribution in [2.45, 2.75) is 56.8 Å². The van der Waals surface area contributed by atoms with E-state index in [2.05, 4.69) is 81.4 Å². The first-order valence-electron chi connectivity index (χ1n) is 9.38. The van der Waals surface area contributed by atoms with E-state index in [1.807, 2.05) is 0 Å². The Balaban J connectivity index is 1.70. The summed E-state index contributed by atoms with van der Waals surface area (Å²) in [6.45, 7) is 7.67. The molecule has 1 aliphatic heterocycles.